The molecule has 1 atom stereocenters. The topological polar surface area (TPSA) is 118 Å². The number of hydrogen-bond acceptors (Lipinski definition) is 5. The first-order valence-electron chi connectivity index (χ1n) is 10.3. The standard InChI is InChI=1S/C21H33N5O4/c1-3-23-21(26-9-8-17(14-26)15-30-11-10-29-2)25-12-16-4-6-18(7-5-16)20(28)24-13-19(22)27/h4-7,17H,3,8-15H2,1-2H3,(H2,22,27)(H,23,25)(H,24,28). The molecule has 4 N–H and O–H groups in total. The van der Waals surface area contributed by atoms with Gasteiger partial charge in [-0.2, -0.15) is 0 Å². The van der Waals surface area contributed by atoms with Crippen LogP contribution in [0, 0.1) is 5.92 Å². The number of hydrogen-bond donors (Lipinski definition) is 3. The lowest BCUT2D eigenvalue weighted by atomic mass is 10.1. The maximum atomic E-state index is 11.9. The third-order valence-corrected chi connectivity index (χ3v) is 4.76. The van der Waals surface area contributed by atoms with Crippen LogP contribution in [0.4, 0.5) is 0 Å². The second-order valence-electron chi connectivity index (χ2n) is 7.18. The first-order valence-corrected chi connectivity index (χ1v) is 10.3. The van der Waals surface area contributed by atoms with Gasteiger partial charge in [0.25, 0.3) is 5.91 Å². The maximum Gasteiger partial charge on any atom is 0.251 e. The lowest BCUT2D eigenvalue weighted by molar-refractivity contribution is -0.117. The van der Waals surface area contributed by atoms with E-state index in [2.05, 4.69) is 22.5 Å². The highest BCUT2D eigenvalue weighted by atomic mass is 16.5. The van der Waals surface area contributed by atoms with Crippen molar-refractivity contribution < 1.29 is 19.1 Å². The number of carbonyl (C=O) groups excluding carboxylic acids is 2. The van der Waals surface area contributed by atoms with Gasteiger partial charge in [0, 0.05) is 38.2 Å². The second-order valence-corrected chi connectivity index (χ2v) is 7.18. The van der Waals surface area contributed by atoms with Crippen molar-refractivity contribution in [2.45, 2.75) is 19.9 Å². The van der Waals surface area contributed by atoms with Crippen LogP contribution in [0.15, 0.2) is 29.3 Å². The van der Waals surface area contributed by atoms with E-state index < -0.39 is 5.91 Å². The molecule has 2 rings (SSSR count). The number of nitrogens with one attached hydrogen (secondary N) is 2. The van der Waals surface area contributed by atoms with Gasteiger partial charge in [-0.05, 0) is 31.0 Å². The average Bonchev–Trinajstić information content (AvgIpc) is 3.21. The van der Waals surface area contributed by atoms with Gasteiger partial charge in [-0.3, -0.25) is 9.59 Å². The normalized spacial score (nSPS) is 16.5. The Bertz CT molecular complexity index is 708. The van der Waals surface area contributed by atoms with E-state index in [1.807, 2.05) is 12.1 Å². The minimum atomic E-state index is -0.573. The molecule has 1 aliphatic rings. The summed E-state index contributed by atoms with van der Waals surface area (Å²) in [5.74, 6) is 0.480. The van der Waals surface area contributed by atoms with Gasteiger partial charge in [-0.15, -0.1) is 0 Å². The molecule has 166 valence electrons. The molecule has 1 aromatic carbocycles. The Labute approximate surface area is 178 Å². The molecule has 1 aromatic rings. The van der Waals surface area contributed by atoms with Gasteiger partial charge >= 0.3 is 0 Å². The molecule has 1 aliphatic heterocycles. The number of carbonyl (C=O) groups is 2. The summed E-state index contributed by atoms with van der Waals surface area (Å²) in [7, 11) is 1.67. The van der Waals surface area contributed by atoms with E-state index in [0.29, 0.717) is 31.2 Å². The van der Waals surface area contributed by atoms with Crippen molar-refractivity contribution in [1.82, 2.24) is 15.5 Å². The Morgan fingerprint density at radius 2 is 2.00 bits per heavy atom. The van der Waals surface area contributed by atoms with Gasteiger partial charge in [0.15, 0.2) is 5.96 Å². The fourth-order valence-corrected chi connectivity index (χ4v) is 3.18. The molecule has 1 fully saturated rings. The molecule has 1 heterocycles. The fourth-order valence-electron chi connectivity index (χ4n) is 3.18. The predicted molar refractivity (Wildman–Crippen MR) is 115 cm³/mol. The highest BCUT2D eigenvalue weighted by Crippen LogP contribution is 2.17. The van der Waals surface area contributed by atoms with Crippen LogP contribution in [0.2, 0.25) is 0 Å². The molecule has 2 amide bonds. The Morgan fingerprint density at radius 3 is 2.67 bits per heavy atom. The molecule has 0 aromatic heterocycles. The number of likely N-dealkylation sites (tertiary alicyclic amines) is 1. The largest absolute Gasteiger partial charge is 0.382 e. The first kappa shape index (κ1) is 23.6. The number of nitrogens with two attached hydrogens (primary N) is 1. The quantitative estimate of drug-likeness (QED) is 0.271. The minimum Gasteiger partial charge on any atom is -0.382 e. The zero-order chi connectivity index (χ0) is 21.8. The number of amides is 2. The summed E-state index contributed by atoms with van der Waals surface area (Å²) in [6, 6.07) is 7.17. The Hall–Kier alpha value is -2.65. The number of ether oxygens (including phenoxy) is 2. The Kier molecular flexibility index (Phi) is 10.1. The number of nitrogens with zero attached hydrogens (tertiary/aromatic N) is 2. The smallest absolute Gasteiger partial charge is 0.251 e. The number of primary amides is 1. The zero-order valence-corrected chi connectivity index (χ0v) is 17.9. The number of aliphatic imine (C=N–C) groups is 1. The lowest BCUT2D eigenvalue weighted by Crippen LogP contribution is -2.40. The van der Waals surface area contributed by atoms with E-state index in [4.69, 9.17) is 20.2 Å². The lowest BCUT2D eigenvalue weighted by Gasteiger charge is -2.21. The van der Waals surface area contributed by atoms with Crippen molar-refractivity contribution in [1.29, 1.82) is 0 Å². The van der Waals surface area contributed by atoms with Gasteiger partial charge in [0.2, 0.25) is 5.91 Å². The number of methoxy groups -OCH3 is 1. The molecule has 0 spiro atoms. The number of guanidine groups is 1. The molecule has 30 heavy (non-hydrogen) atoms. The van der Waals surface area contributed by atoms with Crippen LogP contribution in [0.1, 0.15) is 29.3 Å². The summed E-state index contributed by atoms with van der Waals surface area (Å²) < 4.78 is 10.7. The third-order valence-electron chi connectivity index (χ3n) is 4.76. The van der Waals surface area contributed by atoms with Crippen LogP contribution in [0.3, 0.4) is 0 Å². The van der Waals surface area contributed by atoms with E-state index in [0.717, 1.165) is 44.2 Å². The van der Waals surface area contributed by atoms with E-state index in [1.165, 1.54) is 0 Å². The molecular formula is C21H33N5O4. The van der Waals surface area contributed by atoms with Crippen molar-refractivity contribution in [3.8, 4) is 0 Å². The number of rotatable bonds is 11. The Balaban J connectivity index is 1.88. The molecule has 0 saturated carbocycles. The molecule has 1 unspecified atom stereocenters. The van der Waals surface area contributed by atoms with E-state index in [9.17, 15) is 9.59 Å². The predicted octanol–water partition coefficient (Wildman–Crippen LogP) is 0.352. The summed E-state index contributed by atoms with van der Waals surface area (Å²) in [5.41, 5.74) is 6.52. The van der Waals surface area contributed by atoms with E-state index in [1.54, 1.807) is 19.2 Å². The third kappa shape index (κ3) is 8.00. The highest BCUT2D eigenvalue weighted by molar-refractivity contribution is 5.96. The van der Waals surface area contributed by atoms with Gasteiger partial charge in [0.1, 0.15) is 0 Å². The summed E-state index contributed by atoms with van der Waals surface area (Å²) in [6.07, 6.45) is 1.08. The summed E-state index contributed by atoms with van der Waals surface area (Å²) >= 11 is 0. The SMILES string of the molecule is CCNC(=NCc1ccc(C(=O)NCC(N)=O)cc1)N1CCC(COCCOC)C1. The molecule has 0 radical (unpaired) electrons. The van der Waals surface area contributed by atoms with Crippen LogP contribution in [0.5, 0.6) is 0 Å². The molecule has 9 nitrogen and oxygen atoms in total. The maximum absolute atomic E-state index is 11.9. The molecule has 1 saturated heterocycles. The molecule has 0 aliphatic carbocycles. The van der Waals surface area contributed by atoms with Crippen molar-refractivity contribution in [3.63, 3.8) is 0 Å². The van der Waals surface area contributed by atoms with Gasteiger partial charge in [-0.1, -0.05) is 12.1 Å². The van der Waals surface area contributed by atoms with Crippen LogP contribution in [-0.4, -0.2) is 75.8 Å². The van der Waals surface area contributed by atoms with Crippen molar-refractivity contribution in [2.75, 3.05) is 53.1 Å². The zero-order valence-electron chi connectivity index (χ0n) is 17.9. The molecule has 9 heteroatoms. The molecular weight excluding hydrogens is 386 g/mol. The fraction of sp³-hybridized carbons (Fsp3) is 0.571. The Morgan fingerprint density at radius 1 is 1.23 bits per heavy atom. The van der Waals surface area contributed by atoms with Crippen molar-refractivity contribution >= 4 is 17.8 Å². The van der Waals surface area contributed by atoms with E-state index >= 15 is 0 Å². The highest BCUT2D eigenvalue weighted by Gasteiger charge is 2.24. The van der Waals surface area contributed by atoms with Crippen LogP contribution < -0.4 is 16.4 Å². The minimum absolute atomic E-state index is 0.175. The summed E-state index contributed by atoms with van der Waals surface area (Å²) in [4.78, 5) is 29.7. The van der Waals surface area contributed by atoms with Crippen LogP contribution in [-0.2, 0) is 20.8 Å². The van der Waals surface area contributed by atoms with Crippen molar-refractivity contribution in [3.05, 3.63) is 35.4 Å². The number of benzene rings is 1. The monoisotopic (exact) mass is 419 g/mol. The van der Waals surface area contributed by atoms with Crippen molar-refractivity contribution in [2.24, 2.45) is 16.6 Å². The summed E-state index contributed by atoms with van der Waals surface area (Å²) in [6.45, 7) is 7.02. The van der Waals surface area contributed by atoms with Crippen LogP contribution in [0.25, 0.3) is 0 Å². The van der Waals surface area contributed by atoms with Gasteiger partial charge < -0.3 is 30.7 Å². The van der Waals surface area contributed by atoms with E-state index in [-0.39, 0.29) is 12.5 Å². The van der Waals surface area contributed by atoms with Gasteiger partial charge in [0.05, 0.1) is 32.9 Å². The average molecular weight is 420 g/mol. The van der Waals surface area contributed by atoms with Crippen LogP contribution >= 0.6 is 0 Å². The second kappa shape index (κ2) is 12.8. The summed E-state index contributed by atoms with van der Waals surface area (Å²) in [5, 5.41) is 5.83. The molecule has 0 bridgehead atoms. The van der Waals surface area contributed by atoms with Gasteiger partial charge in [-0.25, -0.2) is 4.99 Å². The first-order chi connectivity index (χ1) is 14.5.